The molecule has 3 aromatic rings. The minimum atomic E-state index is -1.41. The molecule has 202 valence electrons. The number of aromatic hydroxyl groups is 1. The van der Waals surface area contributed by atoms with Gasteiger partial charge in [-0.2, -0.15) is 0 Å². The number of pyridine rings is 1. The Morgan fingerprint density at radius 3 is 2.47 bits per heavy atom. The average molecular weight is 579 g/mol. The number of thiazole rings is 2. The van der Waals surface area contributed by atoms with Crippen molar-refractivity contribution in [3.05, 3.63) is 33.2 Å². The molecule has 0 unspecified atom stereocenters. The number of carboxylic acid groups (broad SMARTS) is 1. The van der Waals surface area contributed by atoms with Gasteiger partial charge in [-0.25, -0.2) is 29.3 Å². The van der Waals surface area contributed by atoms with E-state index in [9.17, 15) is 24.6 Å². The highest BCUT2D eigenvalue weighted by Gasteiger charge is 2.47. The Morgan fingerprint density at radius 2 is 1.84 bits per heavy atom. The van der Waals surface area contributed by atoms with E-state index in [1.165, 1.54) is 29.9 Å². The van der Waals surface area contributed by atoms with E-state index in [1.54, 1.807) is 42.8 Å². The molecule has 2 N–H and O–H groups in total. The van der Waals surface area contributed by atoms with Crippen molar-refractivity contribution in [3.8, 4) is 27.7 Å². The Hall–Kier alpha value is -3.23. The second-order valence-electron chi connectivity index (χ2n) is 9.78. The Balaban J connectivity index is 1.78. The van der Waals surface area contributed by atoms with Gasteiger partial charge in [-0.05, 0) is 40.7 Å². The monoisotopic (exact) mass is 578 g/mol. The Labute approximate surface area is 230 Å². The van der Waals surface area contributed by atoms with Gasteiger partial charge in [-0.1, -0.05) is 0 Å². The van der Waals surface area contributed by atoms with Crippen LogP contribution in [0.3, 0.4) is 0 Å². The molecule has 1 amide bonds. The van der Waals surface area contributed by atoms with E-state index in [4.69, 9.17) is 14.5 Å². The van der Waals surface area contributed by atoms with E-state index in [1.807, 2.05) is 13.8 Å². The van der Waals surface area contributed by atoms with Crippen molar-refractivity contribution in [1.82, 2.24) is 19.9 Å². The highest BCUT2D eigenvalue weighted by molar-refractivity contribution is 8.00. The van der Waals surface area contributed by atoms with Crippen LogP contribution in [0.4, 0.5) is 4.79 Å². The second-order valence-corrected chi connectivity index (χ2v) is 13.2. The number of carbonyl (C=O) groups excluding carboxylic acids is 2. The fourth-order valence-corrected chi connectivity index (χ4v) is 6.82. The summed E-state index contributed by atoms with van der Waals surface area (Å²) in [5.41, 5.74) is -0.338. The smallest absolute Gasteiger partial charge is 0.412 e. The van der Waals surface area contributed by atoms with Crippen molar-refractivity contribution < 1.29 is 34.1 Å². The number of thioether (sulfide) groups is 1. The maximum Gasteiger partial charge on any atom is 0.412 e. The molecule has 38 heavy (non-hydrogen) atoms. The van der Waals surface area contributed by atoms with Crippen LogP contribution in [0.5, 0.6) is 5.75 Å². The molecule has 4 heterocycles. The lowest BCUT2D eigenvalue weighted by Gasteiger charge is -2.35. The van der Waals surface area contributed by atoms with Crippen LogP contribution in [0, 0.1) is 0 Å². The fourth-order valence-electron chi connectivity index (χ4n) is 3.81. The maximum absolute atomic E-state index is 13.1. The summed E-state index contributed by atoms with van der Waals surface area (Å²) in [7, 11) is 1.24. The lowest BCUT2D eigenvalue weighted by molar-refractivity contribution is 0.00946. The zero-order valence-electron chi connectivity index (χ0n) is 21.5. The first-order valence-electron chi connectivity index (χ1n) is 11.4. The van der Waals surface area contributed by atoms with Gasteiger partial charge in [-0.15, -0.1) is 34.4 Å². The first kappa shape index (κ1) is 27.8. The van der Waals surface area contributed by atoms with Crippen LogP contribution >= 0.6 is 34.4 Å². The minimum Gasteiger partial charge on any atom is -0.505 e. The number of rotatable bonds is 5. The van der Waals surface area contributed by atoms with Gasteiger partial charge in [0.05, 0.1) is 18.0 Å². The van der Waals surface area contributed by atoms with Gasteiger partial charge in [0.2, 0.25) is 0 Å². The van der Waals surface area contributed by atoms with Crippen molar-refractivity contribution in [2.45, 2.75) is 51.1 Å². The molecular weight excluding hydrogens is 552 g/mol. The van der Waals surface area contributed by atoms with Gasteiger partial charge in [0.15, 0.2) is 11.4 Å². The molecule has 1 aliphatic heterocycles. The first-order chi connectivity index (χ1) is 17.7. The second kappa shape index (κ2) is 10.2. The molecule has 3 aromatic heterocycles. The SMILES string of the molecule is COC(=O)c1csc(-c2cc(O)c(C(=O)O)nc2-c2csc([C@@H]3CSC(C)(C)N3C(=O)OC(C)(C)C)n2)n1. The summed E-state index contributed by atoms with van der Waals surface area (Å²) in [6.07, 6.45) is -0.455. The van der Waals surface area contributed by atoms with Crippen LogP contribution in [-0.2, 0) is 9.47 Å². The number of ether oxygens (including phenoxy) is 2. The summed E-state index contributed by atoms with van der Waals surface area (Å²) >= 11 is 4.01. The van der Waals surface area contributed by atoms with Crippen LogP contribution < -0.4 is 0 Å². The molecule has 14 heteroatoms. The topological polar surface area (TPSA) is 152 Å². The molecule has 0 spiro atoms. The van der Waals surface area contributed by atoms with Crippen molar-refractivity contribution in [3.63, 3.8) is 0 Å². The molecule has 11 nitrogen and oxygen atoms in total. The first-order valence-corrected chi connectivity index (χ1v) is 14.1. The summed E-state index contributed by atoms with van der Waals surface area (Å²) in [5, 5.41) is 24.0. The van der Waals surface area contributed by atoms with E-state index < -0.39 is 39.9 Å². The lowest BCUT2D eigenvalue weighted by Crippen LogP contribution is -2.45. The molecule has 1 saturated heterocycles. The summed E-state index contributed by atoms with van der Waals surface area (Å²) in [6, 6.07) is 0.862. The number of carbonyl (C=O) groups is 3. The molecular formula is C24H26N4O7S3. The summed E-state index contributed by atoms with van der Waals surface area (Å²) in [6.45, 7) is 9.30. The third-order valence-corrected chi connectivity index (χ3v) is 8.67. The Kier molecular flexibility index (Phi) is 7.43. The Bertz CT molecular complexity index is 1410. The summed E-state index contributed by atoms with van der Waals surface area (Å²) < 4.78 is 10.4. The highest BCUT2D eigenvalue weighted by Crippen LogP contribution is 2.48. The van der Waals surface area contributed by atoms with Gasteiger partial charge < -0.3 is 19.7 Å². The molecule has 0 bridgehead atoms. The number of hydrogen-bond acceptors (Lipinski definition) is 12. The van der Waals surface area contributed by atoms with Crippen LogP contribution in [0.25, 0.3) is 22.0 Å². The predicted molar refractivity (Wildman–Crippen MR) is 144 cm³/mol. The summed E-state index contributed by atoms with van der Waals surface area (Å²) in [5.74, 6) is -2.01. The third kappa shape index (κ3) is 5.47. The number of amides is 1. The average Bonchev–Trinajstić information content (AvgIpc) is 3.55. The number of aromatic nitrogens is 3. The number of methoxy groups -OCH3 is 1. The molecule has 0 saturated carbocycles. The van der Waals surface area contributed by atoms with Crippen LogP contribution in [-0.4, -0.2) is 71.4 Å². The predicted octanol–water partition coefficient (Wildman–Crippen LogP) is 5.28. The minimum absolute atomic E-state index is 0.0671. The molecule has 0 aromatic carbocycles. The molecule has 1 fully saturated rings. The van der Waals surface area contributed by atoms with Crippen LogP contribution in [0.2, 0.25) is 0 Å². The third-order valence-electron chi connectivity index (χ3n) is 5.46. The number of carboxylic acids is 1. The van der Waals surface area contributed by atoms with Gasteiger partial charge in [0.25, 0.3) is 0 Å². The number of hydrogen-bond donors (Lipinski definition) is 2. The van der Waals surface area contributed by atoms with Crippen LogP contribution in [0.1, 0.15) is 66.6 Å². The van der Waals surface area contributed by atoms with E-state index in [2.05, 4.69) is 9.97 Å². The van der Waals surface area contributed by atoms with E-state index in [-0.39, 0.29) is 17.4 Å². The molecule has 1 atom stereocenters. The zero-order chi connectivity index (χ0) is 28.0. The number of esters is 1. The standard InChI is InChI=1S/C24H26N4O7S3/c1-23(2,3)35-22(33)28-14(10-38-24(28,4)5)19-25-12(8-37-19)16-11(7-15(29)17(27-16)20(30)31)18-26-13(9-36-18)21(32)34-6/h7-9,14,29H,10H2,1-6H3,(H,30,31)/t14-/m0/s1. The van der Waals surface area contributed by atoms with Gasteiger partial charge in [0, 0.05) is 22.1 Å². The van der Waals surface area contributed by atoms with Gasteiger partial charge in [0.1, 0.15) is 32.8 Å². The highest BCUT2D eigenvalue weighted by atomic mass is 32.2. The van der Waals surface area contributed by atoms with Gasteiger partial charge >= 0.3 is 18.0 Å². The van der Waals surface area contributed by atoms with Gasteiger partial charge in [-0.3, -0.25) is 4.90 Å². The summed E-state index contributed by atoms with van der Waals surface area (Å²) in [4.78, 5) is 51.1. The van der Waals surface area contributed by atoms with Crippen molar-refractivity contribution in [2.24, 2.45) is 0 Å². The molecule has 0 radical (unpaired) electrons. The zero-order valence-corrected chi connectivity index (χ0v) is 23.9. The normalized spacial score (nSPS) is 16.9. The maximum atomic E-state index is 13.1. The molecule has 0 aliphatic carbocycles. The largest absolute Gasteiger partial charge is 0.505 e. The fraction of sp³-hybridized carbons (Fsp3) is 0.417. The Morgan fingerprint density at radius 1 is 1.13 bits per heavy atom. The molecule has 1 aliphatic rings. The molecule has 4 rings (SSSR count). The number of aromatic carboxylic acids is 1. The van der Waals surface area contributed by atoms with E-state index >= 15 is 0 Å². The van der Waals surface area contributed by atoms with E-state index in [0.29, 0.717) is 27.0 Å². The van der Waals surface area contributed by atoms with E-state index in [0.717, 1.165) is 11.3 Å². The van der Waals surface area contributed by atoms with Crippen molar-refractivity contribution >= 4 is 52.5 Å². The van der Waals surface area contributed by atoms with Crippen LogP contribution in [0.15, 0.2) is 16.8 Å². The van der Waals surface area contributed by atoms with Crippen molar-refractivity contribution in [2.75, 3.05) is 12.9 Å². The number of nitrogens with zero attached hydrogens (tertiary/aromatic N) is 4. The lowest BCUT2D eigenvalue weighted by atomic mass is 10.1. The quantitative estimate of drug-likeness (QED) is 0.380. The van der Waals surface area contributed by atoms with Crippen molar-refractivity contribution in [1.29, 1.82) is 0 Å².